The van der Waals surface area contributed by atoms with Crippen LogP contribution in [0.3, 0.4) is 0 Å². The second-order valence-corrected chi connectivity index (χ2v) is 7.56. The minimum absolute atomic E-state index is 0.215. The predicted octanol–water partition coefficient (Wildman–Crippen LogP) is 3.44. The zero-order chi connectivity index (χ0) is 19.4. The molecule has 1 heterocycles. The first-order valence-corrected chi connectivity index (χ1v) is 9.76. The average molecular weight is 490 g/mol. The van der Waals surface area contributed by atoms with E-state index in [1.54, 1.807) is 7.11 Å². The quantitative estimate of drug-likeness (QED) is 0.360. The van der Waals surface area contributed by atoms with Crippen molar-refractivity contribution in [2.45, 2.75) is 39.8 Å². The van der Waals surface area contributed by atoms with Gasteiger partial charge in [-0.3, -0.25) is 0 Å². The molecule has 26 heavy (non-hydrogen) atoms. The summed E-state index contributed by atoms with van der Waals surface area (Å²) in [5, 5.41) is 6.61. The van der Waals surface area contributed by atoms with E-state index in [4.69, 9.17) is 26.4 Å². The molecule has 1 aliphatic rings. The fourth-order valence-electron chi connectivity index (χ4n) is 2.68. The monoisotopic (exact) mass is 490 g/mol. The molecule has 2 N–H and O–H groups in total. The Morgan fingerprint density at radius 1 is 1.38 bits per heavy atom. The standard InChI is InChI=1S/C18H23IN2O4S/c1-6-24-16-12(19)7-11(8-13(16)23-5)15-14(17(22)25-9(2)3)10(4)20-18(26)21-15/h7-9,15H,6H2,1-5H3,(H2,20,21,26)/t15-/m0/s1. The van der Waals surface area contributed by atoms with Crippen LogP contribution in [-0.2, 0) is 9.53 Å². The highest BCUT2D eigenvalue weighted by atomic mass is 127. The van der Waals surface area contributed by atoms with E-state index >= 15 is 0 Å². The van der Waals surface area contributed by atoms with Gasteiger partial charge in [0.1, 0.15) is 0 Å². The van der Waals surface area contributed by atoms with Gasteiger partial charge in [0.05, 0.1) is 35.0 Å². The summed E-state index contributed by atoms with van der Waals surface area (Å²) in [4.78, 5) is 12.7. The average Bonchev–Trinajstić information content (AvgIpc) is 2.54. The molecule has 0 saturated carbocycles. The maximum absolute atomic E-state index is 12.7. The molecule has 0 spiro atoms. The van der Waals surface area contributed by atoms with Crippen LogP contribution in [0.2, 0.25) is 0 Å². The fourth-order valence-corrected chi connectivity index (χ4v) is 3.73. The molecule has 1 aromatic carbocycles. The second kappa shape index (κ2) is 8.90. The minimum Gasteiger partial charge on any atom is -0.493 e. The van der Waals surface area contributed by atoms with Crippen molar-refractivity contribution in [3.05, 3.63) is 32.5 Å². The van der Waals surface area contributed by atoms with E-state index in [1.165, 1.54) is 0 Å². The highest BCUT2D eigenvalue weighted by Gasteiger charge is 2.32. The molecule has 142 valence electrons. The zero-order valence-corrected chi connectivity index (χ0v) is 18.4. The van der Waals surface area contributed by atoms with Crippen LogP contribution in [-0.4, -0.2) is 30.9 Å². The summed E-state index contributed by atoms with van der Waals surface area (Å²) in [6.07, 6.45) is -0.215. The lowest BCUT2D eigenvalue weighted by atomic mass is 9.95. The molecule has 0 aromatic heterocycles. The molecule has 0 unspecified atom stereocenters. The Labute approximate surface area is 172 Å². The Kier molecular flexibility index (Phi) is 7.10. The number of thiocarbonyl (C=S) groups is 1. The first-order valence-electron chi connectivity index (χ1n) is 8.27. The van der Waals surface area contributed by atoms with Gasteiger partial charge < -0.3 is 24.8 Å². The van der Waals surface area contributed by atoms with Crippen molar-refractivity contribution in [2.24, 2.45) is 0 Å². The molecule has 8 heteroatoms. The van der Waals surface area contributed by atoms with E-state index < -0.39 is 6.04 Å². The molecule has 2 rings (SSSR count). The number of halogens is 1. The first kappa shape index (κ1) is 20.8. The molecule has 0 saturated heterocycles. The SMILES string of the molecule is CCOc1c(I)cc([C@@H]2NC(=S)NC(C)=C2C(=O)OC(C)C)cc1OC. The summed E-state index contributed by atoms with van der Waals surface area (Å²) >= 11 is 7.48. The van der Waals surface area contributed by atoms with E-state index in [2.05, 4.69) is 33.2 Å². The molecule has 1 atom stereocenters. The molecule has 0 radical (unpaired) electrons. The predicted molar refractivity (Wildman–Crippen MR) is 112 cm³/mol. The van der Waals surface area contributed by atoms with Crippen LogP contribution < -0.4 is 20.1 Å². The van der Waals surface area contributed by atoms with E-state index in [1.807, 2.05) is 39.8 Å². The number of carbonyl (C=O) groups is 1. The van der Waals surface area contributed by atoms with Crippen molar-refractivity contribution in [3.8, 4) is 11.5 Å². The fraction of sp³-hybridized carbons (Fsp3) is 0.444. The summed E-state index contributed by atoms with van der Waals surface area (Å²) in [6, 6.07) is 3.37. The number of rotatable bonds is 6. The Bertz CT molecular complexity index is 749. The lowest BCUT2D eigenvalue weighted by Crippen LogP contribution is -2.45. The highest BCUT2D eigenvalue weighted by molar-refractivity contribution is 14.1. The number of ether oxygens (including phenoxy) is 3. The normalized spacial score (nSPS) is 16.9. The number of methoxy groups -OCH3 is 1. The van der Waals surface area contributed by atoms with Crippen molar-refractivity contribution in [3.63, 3.8) is 0 Å². The summed E-state index contributed by atoms with van der Waals surface area (Å²) in [5.41, 5.74) is 2.01. The van der Waals surface area contributed by atoms with Crippen molar-refractivity contribution >= 4 is 45.9 Å². The van der Waals surface area contributed by atoms with Crippen molar-refractivity contribution < 1.29 is 19.0 Å². The van der Waals surface area contributed by atoms with Crippen molar-refractivity contribution in [1.82, 2.24) is 10.6 Å². The summed E-state index contributed by atoms with van der Waals surface area (Å²) in [5.74, 6) is 0.907. The van der Waals surface area contributed by atoms with Crippen LogP contribution in [0.25, 0.3) is 0 Å². The highest BCUT2D eigenvalue weighted by Crippen LogP contribution is 2.38. The van der Waals surface area contributed by atoms with Crippen LogP contribution in [0, 0.1) is 3.57 Å². The van der Waals surface area contributed by atoms with Gasteiger partial charge in [0.15, 0.2) is 16.6 Å². The molecule has 0 fully saturated rings. The van der Waals surface area contributed by atoms with Crippen LogP contribution in [0.1, 0.15) is 39.3 Å². The van der Waals surface area contributed by atoms with Gasteiger partial charge in [0.2, 0.25) is 0 Å². The third kappa shape index (κ3) is 4.59. The number of esters is 1. The van der Waals surface area contributed by atoms with E-state index in [-0.39, 0.29) is 12.1 Å². The van der Waals surface area contributed by atoms with Crippen LogP contribution in [0.15, 0.2) is 23.4 Å². The summed E-state index contributed by atoms with van der Waals surface area (Å²) in [6.45, 7) is 7.91. The maximum atomic E-state index is 12.7. The van der Waals surface area contributed by atoms with Gasteiger partial charge >= 0.3 is 5.97 Å². The molecule has 0 amide bonds. The zero-order valence-electron chi connectivity index (χ0n) is 15.4. The number of benzene rings is 1. The van der Waals surface area contributed by atoms with E-state index in [9.17, 15) is 4.79 Å². The Morgan fingerprint density at radius 2 is 2.08 bits per heavy atom. The Morgan fingerprint density at radius 3 is 2.65 bits per heavy atom. The van der Waals surface area contributed by atoms with Crippen molar-refractivity contribution in [1.29, 1.82) is 0 Å². The van der Waals surface area contributed by atoms with Gasteiger partial charge in [0.25, 0.3) is 0 Å². The van der Waals surface area contributed by atoms with E-state index in [0.29, 0.717) is 34.5 Å². The number of hydrogen-bond acceptors (Lipinski definition) is 5. The largest absolute Gasteiger partial charge is 0.493 e. The lowest BCUT2D eigenvalue weighted by molar-refractivity contribution is -0.143. The van der Waals surface area contributed by atoms with Crippen LogP contribution >= 0.6 is 34.8 Å². The maximum Gasteiger partial charge on any atom is 0.338 e. The second-order valence-electron chi connectivity index (χ2n) is 5.99. The van der Waals surface area contributed by atoms with Gasteiger partial charge in [-0.25, -0.2) is 4.79 Å². The van der Waals surface area contributed by atoms with Crippen molar-refractivity contribution in [2.75, 3.05) is 13.7 Å². The van der Waals surface area contributed by atoms with Gasteiger partial charge in [-0.1, -0.05) is 0 Å². The number of carbonyl (C=O) groups excluding carboxylic acids is 1. The number of nitrogens with one attached hydrogen (secondary N) is 2. The molecular formula is C18H23IN2O4S. The smallest absolute Gasteiger partial charge is 0.338 e. The molecule has 1 aliphatic heterocycles. The molecule has 6 nitrogen and oxygen atoms in total. The van der Waals surface area contributed by atoms with Crippen LogP contribution in [0.5, 0.6) is 11.5 Å². The first-order chi connectivity index (χ1) is 12.3. The van der Waals surface area contributed by atoms with Gasteiger partial charge in [-0.2, -0.15) is 0 Å². The topological polar surface area (TPSA) is 68.8 Å². The summed E-state index contributed by atoms with van der Waals surface area (Å²) < 4.78 is 17.5. The molecular weight excluding hydrogens is 467 g/mol. The lowest BCUT2D eigenvalue weighted by Gasteiger charge is -2.30. The molecule has 0 aliphatic carbocycles. The van der Waals surface area contributed by atoms with E-state index in [0.717, 1.165) is 9.13 Å². The van der Waals surface area contributed by atoms with Crippen LogP contribution in [0.4, 0.5) is 0 Å². The number of allylic oxidation sites excluding steroid dienone is 1. The summed E-state index contributed by atoms with van der Waals surface area (Å²) in [7, 11) is 1.59. The van der Waals surface area contributed by atoms with Gasteiger partial charge in [-0.15, -0.1) is 0 Å². The van der Waals surface area contributed by atoms with Gasteiger partial charge in [0, 0.05) is 5.70 Å². The molecule has 0 bridgehead atoms. The number of hydrogen-bond donors (Lipinski definition) is 2. The minimum atomic E-state index is -0.437. The molecule has 1 aromatic rings. The third-order valence-electron chi connectivity index (χ3n) is 3.71. The Hall–Kier alpha value is -1.55. The Balaban J connectivity index is 2.53. The van der Waals surface area contributed by atoms with Gasteiger partial charge in [-0.05, 0) is 80.2 Å². The third-order valence-corrected chi connectivity index (χ3v) is 4.73.